The highest BCUT2D eigenvalue weighted by Crippen LogP contribution is 2.41. The topological polar surface area (TPSA) is 46.2 Å². The second-order valence-corrected chi connectivity index (χ2v) is 6.42. The Morgan fingerprint density at radius 3 is 2.65 bits per heavy atom. The largest absolute Gasteiger partial charge is 0.390 e. The fraction of sp³-hybridized carbons (Fsp3) is 1.00. The molecule has 1 saturated carbocycles. The van der Waals surface area contributed by atoms with Crippen LogP contribution in [-0.4, -0.2) is 17.3 Å². The quantitative estimate of drug-likeness (QED) is 0.749. The minimum atomic E-state index is -0.470. The summed E-state index contributed by atoms with van der Waals surface area (Å²) in [5.41, 5.74) is 5.39. The minimum absolute atomic E-state index is 0.308. The molecule has 1 aliphatic rings. The van der Waals surface area contributed by atoms with Crippen LogP contribution in [0.1, 0.15) is 65.7 Å². The van der Waals surface area contributed by atoms with E-state index < -0.39 is 5.60 Å². The van der Waals surface area contributed by atoms with E-state index >= 15 is 0 Å². The second-order valence-electron chi connectivity index (χ2n) is 6.42. The van der Waals surface area contributed by atoms with E-state index in [0.717, 1.165) is 31.6 Å². The fourth-order valence-electron chi connectivity index (χ4n) is 3.59. The molecule has 0 radical (unpaired) electrons. The van der Waals surface area contributed by atoms with Crippen molar-refractivity contribution in [1.29, 1.82) is 0 Å². The van der Waals surface area contributed by atoms with E-state index in [1.165, 1.54) is 19.3 Å². The molecular formula is C15H31NO. The van der Waals surface area contributed by atoms with Gasteiger partial charge in [-0.1, -0.05) is 40.0 Å². The molecule has 0 saturated heterocycles. The molecule has 0 aromatic heterocycles. The monoisotopic (exact) mass is 241 g/mol. The van der Waals surface area contributed by atoms with Crippen molar-refractivity contribution in [2.45, 2.75) is 71.3 Å². The van der Waals surface area contributed by atoms with Crippen molar-refractivity contribution in [3.8, 4) is 0 Å². The van der Waals surface area contributed by atoms with E-state index in [1.54, 1.807) is 0 Å². The fourth-order valence-corrected chi connectivity index (χ4v) is 3.59. The van der Waals surface area contributed by atoms with E-state index in [-0.39, 0.29) is 0 Å². The van der Waals surface area contributed by atoms with Crippen LogP contribution in [0.2, 0.25) is 0 Å². The average molecular weight is 241 g/mol. The maximum absolute atomic E-state index is 10.9. The lowest BCUT2D eigenvalue weighted by Crippen LogP contribution is -2.45. The van der Waals surface area contributed by atoms with Crippen molar-refractivity contribution < 1.29 is 5.11 Å². The maximum Gasteiger partial charge on any atom is 0.0690 e. The lowest BCUT2D eigenvalue weighted by Gasteiger charge is -2.42. The van der Waals surface area contributed by atoms with Gasteiger partial charge in [-0.2, -0.15) is 0 Å². The van der Waals surface area contributed by atoms with Crippen molar-refractivity contribution in [3.05, 3.63) is 0 Å². The van der Waals surface area contributed by atoms with Crippen molar-refractivity contribution in [2.24, 2.45) is 23.5 Å². The van der Waals surface area contributed by atoms with Crippen molar-refractivity contribution in [2.75, 3.05) is 6.54 Å². The van der Waals surface area contributed by atoms with Gasteiger partial charge in [-0.15, -0.1) is 0 Å². The molecule has 0 aliphatic heterocycles. The Morgan fingerprint density at radius 1 is 1.41 bits per heavy atom. The van der Waals surface area contributed by atoms with Gasteiger partial charge in [-0.05, 0) is 50.0 Å². The summed E-state index contributed by atoms with van der Waals surface area (Å²) in [6.07, 6.45) is 7.86. The van der Waals surface area contributed by atoms with Gasteiger partial charge in [-0.3, -0.25) is 0 Å². The highest BCUT2D eigenvalue weighted by Gasteiger charge is 2.39. The zero-order chi connectivity index (χ0) is 12.9. The summed E-state index contributed by atoms with van der Waals surface area (Å²) >= 11 is 0. The molecular weight excluding hydrogens is 210 g/mol. The standard InChI is InChI=1S/C15H31NO/c1-4-6-14(11-16)15(17)8-5-7-13(10-15)9-12(2)3/h12-14,17H,4-11,16H2,1-3H3. The molecule has 0 heterocycles. The Hall–Kier alpha value is -0.0800. The van der Waals surface area contributed by atoms with Crippen LogP contribution in [0.15, 0.2) is 0 Å². The molecule has 0 amide bonds. The van der Waals surface area contributed by atoms with Crippen LogP contribution in [0, 0.1) is 17.8 Å². The van der Waals surface area contributed by atoms with Gasteiger partial charge >= 0.3 is 0 Å². The molecule has 17 heavy (non-hydrogen) atoms. The molecule has 2 nitrogen and oxygen atoms in total. The first-order valence-electron chi connectivity index (χ1n) is 7.44. The molecule has 0 spiro atoms. The lowest BCUT2D eigenvalue weighted by atomic mass is 9.68. The number of rotatable bonds is 6. The summed E-state index contributed by atoms with van der Waals surface area (Å²) in [6.45, 7) is 7.37. The number of hydrogen-bond acceptors (Lipinski definition) is 2. The van der Waals surface area contributed by atoms with Gasteiger partial charge in [-0.25, -0.2) is 0 Å². The molecule has 0 aromatic carbocycles. The number of hydrogen-bond donors (Lipinski definition) is 2. The zero-order valence-electron chi connectivity index (χ0n) is 11.9. The normalized spacial score (nSPS) is 31.8. The van der Waals surface area contributed by atoms with E-state index in [4.69, 9.17) is 5.73 Å². The third kappa shape index (κ3) is 4.26. The summed E-state index contributed by atoms with van der Waals surface area (Å²) in [7, 11) is 0. The molecule has 0 bridgehead atoms. The smallest absolute Gasteiger partial charge is 0.0690 e. The maximum atomic E-state index is 10.9. The van der Waals surface area contributed by atoms with Crippen LogP contribution in [0.5, 0.6) is 0 Å². The van der Waals surface area contributed by atoms with Crippen LogP contribution < -0.4 is 5.73 Å². The highest BCUT2D eigenvalue weighted by molar-refractivity contribution is 4.92. The van der Waals surface area contributed by atoms with Gasteiger partial charge in [0.15, 0.2) is 0 Å². The Bertz CT molecular complexity index is 217. The van der Waals surface area contributed by atoms with E-state index in [9.17, 15) is 5.11 Å². The Morgan fingerprint density at radius 2 is 2.12 bits per heavy atom. The molecule has 1 fully saturated rings. The number of aliphatic hydroxyl groups is 1. The molecule has 0 aromatic rings. The molecule has 102 valence electrons. The second kappa shape index (κ2) is 6.75. The van der Waals surface area contributed by atoms with E-state index in [2.05, 4.69) is 20.8 Å². The highest BCUT2D eigenvalue weighted by atomic mass is 16.3. The van der Waals surface area contributed by atoms with E-state index in [0.29, 0.717) is 18.4 Å². The van der Waals surface area contributed by atoms with E-state index in [1.807, 2.05) is 0 Å². The molecule has 1 aliphatic carbocycles. The summed E-state index contributed by atoms with van der Waals surface area (Å²) in [5.74, 6) is 1.76. The molecule has 3 atom stereocenters. The first kappa shape index (κ1) is 15.0. The Labute approximate surface area is 107 Å². The zero-order valence-corrected chi connectivity index (χ0v) is 11.9. The van der Waals surface area contributed by atoms with Crippen LogP contribution >= 0.6 is 0 Å². The number of nitrogens with two attached hydrogens (primary N) is 1. The molecule has 3 unspecified atom stereocenters. The average Bonchev–Trinajstić information content (AvgIpc) is 2.24. The van der Waals surface area contributed by atoms with Gasteiger partial charge in [0.1, 0.15) is 0 Å². The van der Waals surface area contributed by atoms with Gasteiger partial charge < -0.3 is 10.8 Å². The van der Waals surface area contributed by atoms with Crippen molar-refractivity contribution >= 4 is 0 Å². The van der Waals surface area contributed by atoms with Gasteiger partial charge in [0, 0.05) is 0 Å². The van der Waals surface area contributed by atoms with Crippen LogP contribution in [0.25, 0.3) is 0 Å². The van der Waals surface area contributed by atoms with Crippen LogP contribution in [-0.2, 0) is 0 Å². The molecule has 1 rings (SSSR count). The predicted molar refractivity (Wildman–Crippen MR) is 73.8 cm³/mol. The first-order valence-corrected chi connectivity index (χ1v) is 7.44. The predicted octanol–water partition coefficient (Wildman–Crippen LogP) is 3.33. The third-order valence-corrected chi connectivity index (χ3v) is 4.35. The van der Waals surface area contributed by atoms with Gasteiger partial charge in [0.25, 0.3) is 0 Å². The Kier molecular flexibility index (Phi) is 5.94. The van der Waals surface area contributed by atoms with Crippen LogP contribution in [0.3, 0.4) is 0 Å². The SMILES string of the molecule is CCCC(CN)C1(O)CCCC(CC(C)C)C1. The van der Waals surface area contributed by atoms with Gasteiger partial charge in [0.2, 0.25) is 0 Å². The summed E-state index contributed by atoms with van der Waals surface area (Å²) in [6, 6.07) is 0. The van der Waals surface area contributed by atoms with Gasteiger partial charge in [0.05, 0.1) is 5.60 Å². The molecule has 3 N–H and O–H groups in total. The molecule has 2 heteroatoms. The minimum Gasteiger partial charge on any atom is -0.390 e. The lowest BCUT2D eigenvalue weighted by molar-refractivity contribution is -0.0674. The van der Waals surface area contributed by atoms with Crippen molar-refractivity contribution in [1.82, 2.24) is 0 Å². The first-order chi connectivity index (χ1) is 8.01. The summed E-state index contributed by atoms with van der Waals surface area (Å²) in [4.78, 5) is 0. The summed E-state index contributed by atoms with van der Waals surface area (Å²) in [5, 5.41) is 10.9. The summed E-state index contributed by atoms with van der Waals surface area (Å²) < 4.78 is 0. The third-order valence-electron chi connectivity index (χ3n) is 4.35. The Balaban J connectivity index is 2.60. The van der Waals surface area contributed by atoms with Crippen molar-refractivity contribution in [3.63, 3.8) is 0 Å². The van der Waals surface area contributed by atoms with Crippen LogP contribution in [0.4, 0.5) is 0 Å².